The van der Waals surface area contributed by atoms with Gasteiger partial charge >= 0.3 is 0 Å². The molecule has 0 fully saturated rings. The molecule has 6 heteroatoms. The number of nitrogens with zero attached hydrogens (tertiary/aromatic N) is 1. The lowest BCUT2D eigenvalue weighted by molar-refractivity contribution is -0.118. The Bertz CT molecular complexity index is 864. The van der Waals surface area contributed by atoms with Gasteiger partial charge in [0.1, 0.15) is 5.75 Å². The van der Waals surface area contributed by atoms with Crippen LogP contribution in [0.1, 0.15) is 55.6 Å². The van der Waals surface area contributed by atoms with Crippen LogP contribution in [-0.4, -0.2) is 31.5 Å². The molecule has 1 unspecified atom stereocenters. The molecule has 2 aromatic rings. The second-order valence-electron chi connectivity index (χ2n) is 7.27. The summed E-state index contributed by atoms with van der Waals surface area (Å²) in [6.07, 6.45) is 2.31. The minimum absolute atomic E-state index is 0.0303. The van der Waals surface area contributed by atoms with E-state index in [0.29, 0.717) is 17.0 Å². The number of fused-ring (bicyclic) bond motifs is 1. The first-order valence-electron chi connectivity index (χ1n) is 10.2. The zero-order valence-corrected chi connectivity index (χ0v) is 17.3. The Morgan fingerprint density at radius 3 is 2.66 bits per heavy atom. The summed E-state index contributed by atoms with van der Waals surface area (Å²) in [5.41, 5.74) is 3.30. The normalized spacial score (nSPS) is 13.7. The topological polar surface area (TPSA) is 70.7 Å². The van der Waals surface area contributed by atoms with Crippen LogP contribution in [0.2, 0.25) is 0 Å². The lowest BCUT2D eigenvalue weighted by Gasteiger charge is -2.23. The molecule has 0 radical (unpaired) electrons. The summed E-state index contributed by atoms with van der Waals surface area (Å²) < 4.78 is 5.38. The number of rotatable bonds is 8. The Balaban J connectivity index is 1.65. The van der Waals surface area contributed by atoms with Gasteiger partial charge in [-0.1, -0.05) is 19.4 Å². The number of carbonyl (C=O) groups is 2. The summed E-state index contributed by atoms with van der Waals surface area (Å²) in [7, 11) is 0. The van der Waals surface area contributed by atoms with Crippen molar-refractivity contribution in [1.29, 1.82) is 0 Å². The number of hydrogen-bond donors (Lipinski definition) is 2. The minimum Gasteiger partial charge on any atom is -0.482 e. The zero-order chi connectivity index (χ0) is 20.8. The maximum Gasteiger partial charge on any atom is 0.262 e. The Morgan fingerprint density at radius 1 is 1.21 bits per heavy atom. The number of ether oxygens (including phenoxy) is 1. The molecule has 1 aliphatic rings. The predicted octanol–water partition coefficient (Wildman–Crippen LogP) is 4.13. The highest BCUT2D eigenvalue weighted by Gasteiger charge is 2.18. The van der Waals surface area contributed by atoms with Crippen LogP contribution in [-0.2, 0) is 4.79 Å². The van der Waals surface area contributed by atoms with Crippen molar-refractivity contribution >= 4 is 23.2 Å². The van der Waals surface area contributed by atoms with Crippen LogP contribution in [0.5, 0.6) is 5.75 Å². The van der Waals surface area contributed by atoms with Crippen LogP contribution in [0.3, 0.4) is 0 Å². The molecule has 6 nitrogen and oxygen atoms in total. The third-order valence-electron chi connectivity index (χ3n) is 5.14. The van der Waals surface area contributed by atoms with Crippen molar-refractivity contribution < 1.29 is 14.3 Å². The number of anilines is 2. The van der Waals surface area contributed by atoms with E-state index in [1.54, 1.807) is 0 Å². The molecule has 2 amide bonds. The molecule has 0 aliphatic carbocycles. The van der Waals surface area contributed by atoms with Gasteiger partial charge in [-0.3, -0.25) is 9.59 Å². The van der Waals surface area contributed by atoms with Crippen molar-refractivity contribution in [1.82, 2.24) is 5.32 Å². The lowest BCUT2D eigenvalue weighted by Crippen LogP contribution is -2.28. The lowest BCUT2D eigenvalue weighted by atomic mass is 10.1. The SMILES string of the molecule is CCCCN(CC)c1ccc(C(=O)NC(C)c2ccc3c(c2)NC(=O)CO3)cc1. The largest absolute Gasteiger partial charge is 0.482 e. The van der Waals surface area contributed by atoms with Crippen molar-refractivity contribution in [2.45, 2.75) is 39.7 Å². The van der Waals surface area contributed by atoms with Gasteiger partial charge in [-0.25, -0.2) is 0 Å². The second kappa shape index (κ2) is 9.45. The molecular weight excluding hydrogens is 366 g/mol. The van der Waals surface area contributed by atoms with Gasteiger partial charge < -0.3 is 20.3 Å². The molecule has 2 aromatic carbocycles. The highest BCUT2D eigenvalue weighted by molar-refractivity contribution is 5.96. The number of amides is 2. The van der Waals surface area contributed by atoms with Crippen molar-refractivity contribution in [3.63, 3.8) is 0 Å². The fourth-order valence-corrected chi connectivity index (χ4v) is 3.38. The van der Waals surface area contributed by atoms with Crippen LogP contribution in [0.15, 0.2) is 42.5 Å². The van der Waals surface area contributed by atoms with E-state index in [1.165, 1.54) is 0 Å². The Hall–Kier alpha value is -3.02. The van der Waals surface area contributed by atoms with E-state index in [-0.39, 0.29) is 24.5 Å². The summed E-state index contributed by atoms with van der Waals surface area (Å²) in [6, 6.07) is 13.1. The van der Waals surface area contributed by atoms with Crippen LogP contribution >= 0.6 is 0 Å². The van der Waals surface area contributed by atoms with Gasteiger partial charge in [-0.2, -0.15) is 0 Å². The van der Waals surface area contributed by atoms with Crippen molar-refractivity contribution in [2.24, 2.45) is 0 Å². The Kier molecular flexibility index (Phi) is 6.75. The third kappa shape index (κ3) is 5.08. The summed E-state index contributed by atoms with van der Waals surface area (Å²) in [4.78, 5) is 26.5. The summed E-state index contributed by atoms with van der Waals surface area (Å²) >= 11 is 0. The highest BCUT2D eigenvalue weighted by Crippen LogP contribution is 2.30. The minimum atomic E-state index is -0.206. The molecule has 3 rings (SSSR count). The maximum atomic E-state index is 12.7. The van der Waals surface area contributed by atoms with Crippen LogP contribution < -0.4 is 20.3 Å². The number of carbonyl (C=O) groups excluding carboxylic acids is 2. The summed E-state index contributed by atoms with van der Waals surface area (Å²) in [5, 5.41) is 5.82. The van der Waals surface area contributed by atoms with Crippen LogP contribution in [0, 0.1) is 0 Å². The monoisotopic (exact) mass is 395 g/mol. The molecule has 1 atom stereocenters. The first-order valence-corrected chi connectivity index (χ1v) is 10.2. The smallest absolute Gasteiger partial charge is 0.262 e. The van der Waals surface area contributed by atoms with Gasteiger partial charge in [0.2, 0.25) is 0 Å². The van der Waals surface area contributed by atoms with Gasteiger partial charge in [0.25, 0.3) is 11.8 Å². The van der Waals surface area contributed by atoms with Gasteiger partial charge in [0.05, 0.1) is 11.7 Å². The van der Waals surface area contributed by atoms with Crippen molar-refractivity contribution in [3.05, 3.63) is 53.6 Å². The average Bonchev–Trinajstić information content (AvgIpc) is 2.74. The van der Waals surface area contributed by atoms with E-state index in [0.717, 1.165) is 37.2 Å². The first kappa shape index (κ1) is 20.7. The maximum absolute atomic E-state index is 12.7. The summed E-state index contributed by atoms with van der Waals surface area (Å²) in [6.45, 7) is 8.25. The van der Waals surface area contributed by atoms with Gasteiger partial charge in [-0.05, 0) is 62.2 Å². The average molecular weight is 396 g/mol. The molecule has 0 bridgehead atoms. The zero-order valence-electron chi connectivity index (χ0n) is 17.3. The standard InChI is InChI=1S/C23H29N3O3/c1-4-6-13-26(5-2)19-10-7-17(8-11-19)23(28)24-16(3)18-9-12-21-20(14-18)25-22(27)15-29-21/h7-12,14,16H,4-6,13,15H2,1-3H3,(H,24,28)(H,25,27). The predicted molar refractivity (Wildman–Crippen MR) is 116 cm³/mol. The molecule has 1 aliphatic heterocycles. The van der Waals surface area contributed by atoms with E-state index in [4.69, 9.17) is 4.74 Å². The van der Waals surface area contributed by atoms with Gasteiger partial charge in [-0.15, -0.1) is 0 Å². The van der Waals surface area contributed by atoms with Gasteiger partial charge in [0.15, 0.2) is 6.61 Å². The Morgan fingerprint density at radius 2 is 1.97 bits per heavy atom. The van der Waals surface area contributed by atoms with E-state index < -0.39 is 0 Å². The first-order chi connectivity index (χ1) is 14.0. The molecule has 2 N–H and O–H groups in total. The molecule has 154 valence electrons. The molecule has 0 spiro atoms. The molecule has 1 heterocycles. The number of benzene rings is 2. The molecule has 0 aromatic heterocycles. The van der Waals surface area contributed by atoms with E-state index in [2.05, 4.69) is 29.4 Å². The quantitative estimate of drug-likeness (QED) is 0.705. The second-order valence-corrected chi connectivity index (χ2v) is 7.27. The molecule has 0 saturated carbocycles. The number of hydrogen-bond acceptors (Lipinski definition) is 4. The summed E-state index contributed by atoms with van der Waals surface area (Å²) in [5.74, 6) is 0.344. The van der Waals surface area contributed by atoms with E-state index in [9.17, 15) is 9.59 Å². The molecule has 0 saturated heterocycles. The fraction of sp³-hybridized carbons (Fsp3) is 0.391. The van der Waals surface area contributed by atoms with Gasteiger partial charge in [0, 0.05) is 24.3 Å². The third-order valence-corrected chi connectivity index (χ3v) is 5.14. The van der Waals surface area contributed by atoms with Crippen LogP contribution in [0.4, 0.5) is 11.4 Å². The number of nitrogens with one attached hydrogen (secondary N) is 2. The van der Waals surface area contributed by atoms with E-state index >= 15 is 0 Å². The van der Waals surface area contributed by atoms with Crippen LogP contribution in [0.25, 0.3) is 0 Å². The highest BCUT2D eigenvalue weighted by atomic mass is 16.5. The Labute approximate surface area is 172 Å². The molecular formula is C23H29N3O3. The fourth-order valence-electron chi connectivity index (χ4n) is 3.38. The van der Waals surface area contributed by atoms with Crippen molar-refractivity contribution in [3.8, 4) is 5.75 Å². The molecule has 29 heavy (non-hydrogen) atoms. The van der Waals surface area contributed by atoms with E-state index in [1.807, 2.05) is 49.4 Å². The van der Waals surface area contributed by atoms with Crippen molar-refractivity contribution in [2.75, 3.05) is 29.9 Å². The number of unbranched alkanes of at least 4 members (excludes halogenated alkanes) is 1.